The first-order valence-electron chi connectivity index (χ1n) is 11.5. The van der Waals surface area contributed by atoms with Crippen LogP contribution in [0, 0.1) is 12.8 Å². The van der Waals surface area contributed by atoms with Crippen LogP contribution in [0.15, 0.2) is 83.8 Å². The normalized spacial score (nSPS) is 14.7. The van der Waals surface area contributed by atoms with Crippen LogP contribution in [0.25, 0.3) is 0 Å². The van der Waals surface area contributed by atoms with E-state index in [1.807, 2.05) is 60.7 Å². The van der Waals surface area contributed by atoms with E-state index < -0.39 is 10.0 Å². The molecule has 0 aliphatic carbocycles. The minimum absolute atomic E-state index is 0.137. The molecule has 34 heavy (non-hydrogen) atoms. The minimum Gasteiger partial charge on any atom is -0.493 e. The Morgan fingerprint density at radius 3 is 2.29 bits per heavy atom. The molecule has 0 bridgehead atoms. The number of carbonyl (C=O) groups excluding carboxylic acids is 1. The molecule has 0 unspecified atom stereocenters. The van der Waals surface area contributed by atoms with Crippen molar-refractivity contribution in [2.24, 2.45) is 5.92 Å². The summed E-state index contributed by atoms with van der Waals surface area (Å²) in [5, 5.41) is 0. The number of amides is 1. The largest absolute Gasteiger partial charge is 0.493 e. The van der Waals surface area contributed by atoms with Crippen LogP contribution in [0.5, 0.6) is 5.75 Å². The molecule has 1 aliphatic heterocycles. The first kappa shape index (κ1) is 24.0. The average molecular weight is 479 g/mol. The van der Waals surface area contributed by atoms with Gasteiger partial charge in [0.2, 0.25) is 10.0 Å². The van der Waals surface area contributed by atoms with Gasteiger partial charge in [-0.25, -0.2) is 13.1 Å². The predicted molar refractivity (Wildman–Crippen MR) is 132 cm³/mol. The number of likely N-dealkylation sites (tertiary alicyclic amines) is 1. The molecular formula is C27H30N2O4S. The van der Waals surface area contributed by atoms with E-state index in [0.717, 1.165) is 24.2 Å². The monoisotopic (exact) mass is 478 g/mol. The Hall–Kier alpha value is -3.16. The Bertz CT molecular complexity index is 1210. The van der Waals surface area contributed by atoms with E-state index in [-0.39, 0.29) is 17.3 Å². The summed E-state index contributed by atoms with van der Waals surface area (Å²) in [7, 11) is -3.76. The quantitative estimate of drug-likeness (QED) is 0.521. The van der Waals surface area contributed by atoms with Crippen LogP contribution in [-0.2, 0) is 16.6 Å². The zero-order valence-corrected chi connectivity index (χ0v) is 20.1. The van der Waals surface area contributed by atoms with Crippen molar-refractivity contribution in [3.63, 3.8) is 0 Å². The van der Waals surface area contributed by atoms with Crippen LogP contribution in [0.4, 0.5) is 0 Å². The maximum absolute atomic E-state index is 13.1. The summed E-state index contributed by atoms with van der Waals surface area (Å²) in [5.74, 6) is 1.11. The lowest BCUT2D eigenvalue weighted by Crippen LogP contribution is -2.39. The van der Waals surface area contributed by atoms with Gasteiger partial charge in [-0.1, -0.05) is 54.6 Å². The maximum Gasteiger partial charge on any atom is 0.253 e. The van der Waals surface area contributed by atoms with Crippen molar-refractivity contribution in [3.05, 3.63) is 95.6 Å². The number of nitrogens with one attached hydrogen (secondary N) is 1. The molecule has 1 aliphatic rings. The molecular weight excluding hydrogens is 448 g/mol. The zero-order valence-electron chi connectivity index (χ0n) is 19.3. The highest BCUT2D eigenvalue weighted by atomic mass is 32.2. The molecule has 1 heterocycles. The van der Waals surface area contributed by atoms with Crippen LogP contribution < -0.4 is 9.46 Å². The molecule has 1 fully saturated rings. The van der Waals surface area contributed by atoms with Crippen LogP contribution in [0.1, 0.15) is 34.3 Å². The van der Waals surface area contributed by atoms with Crippen molar-refractivity contribution in [2.75, 3.05) is 19.7 Å². The van der Waals surface area contributed by atoms with Crippen molar-refractivity contribution in [1.29, 1.82) is 0 Å². The molecule has 3 aromatic rings. The minimum atomic E-state index is -3.76. The SMILES string of the molecule is Cc1ccc(C(=O)N2CCC(COc3ccccc3)CC2)cc1S(=O)(=O)NCc1ccccc1. The molecule has 0 saturated carbocycles. The van der Waals surface area contributed by atoms with Crippen molar-refractivity contribution in [1.82, 2.24) is 9.62 Å². The number of nitrogens with zero attached hydrogens (tertiary/aromatic N) is 1. The van der Waals surface area contributed by atoms with Gasteiger partial charge in [0.05, 0.1) is 11.5 Å². The van der Waals surface area contributed by atoms with Gasteiger partial charge in [0.15, 0.2) is 0 Å². The second-order valence-corrected chi connectivity index (χ2v) is 10.4. The van der Waals surface area contributed by atoms with Crippen LogP contribution in [-0.4, -0.2) is 38.9 Å². The van der Waals surface area contributed by atoms with E-state index >= 15 is 0 Å². The Morgan fingerprint density at radius 2 is 1.62 bits per heavy atom. The third kappa shape index (κ3) is 6.04. The number of carbonyl (C=O) groups is 1. The smallest absolute Gasteiger partial charge is 0.253 e. The molecule has 6 nitrogen and oxygen atoms in total. The van der Waals surface area contributed by atoms with E-state index in [1.165, 1.54) is 6.07 Å². The van der Waals surface area contributed by atoms with E-state index in [1.54, 1.807) is 24.0 Å². The molecule has 0 aromatic heterocycles. The van der Waals surface area contributed by atoms with Crippen molar-refractivity contribution in [2.45, 2.75) is 31.2 Å². The predicted octanol–water partition coefficient (Wildman–Crippen LogP) is 4.40. The summed E-state index contributed by atoms with van der Waals surface area (Å²) in [6.07, 6.45) is 1.71. The highest BCUT2D eigenvalue weighted by Crippen LogP contribution is 2.23. The molecule has 3 aromatic carbocycles. The Balaban J connectivity index is 1.37. The van der Waals surface area contributed by atoms with Gasteiger partial charge in [0.25, 0.3) is 5.91 Å². The summed E-state index contributed by atoms with van der Waals surface area (Å²) >= 11 is 0. The lowest BCUT2D eigenvalue weighted by molar-refractivity contribution is 0.0661. The van der Waals surface area contributed by atoms with E-state index in [9.17, 15) is 13.2 Å². The number of sulfonamides is 1. The highest BCUT2D eigenvalue weighted by Gasteiger charge is 2.26. The third-order valence-electron chi connectivity index (χ3n) is 6.16. The summed E-state index contributed by atoms with van der Waals surface area (Å²) in [6.45, 7) is 3.82. The molecule has 7 heteroatoms. The standard InChI is InChI=1S/C27H30N2O4S/c1-21-12-13-24(18-26(21)34(31,32)28-19-22-8-4-2-5-9-22)27(30)29-16-14-23(15-17-29)20-33-25-10-6-3-7-11-25/h2-13,18,23,28H,14-17,19-20H2,1H3. The van der Waals surface area contributed by atoms with Crippen molar-refractivity contribution < 1.29 is 17.9 Å². The number of benzene rings is 3. The van der Waals surface area contributed by atoms with E-state index in [2.05, 4.69) is 4.72 Å². The zero-order chi connectivity index (χ0) is 24.0. The first-order valence-corrected chi connectivity index (χ1v) is 13.0. The fraction of sp³-hybridized carbons (Fsp3) is 0.296. The number of para-hydroxylation sites is 1. The number of piperidine rings is 1. The fourth-order valence-corrected chi connectivity index (χ4v) is 5.38. The van der Waals surface area contributed by atoms with E-state index in [0.29, 0.717) is 36.7 Å². The Kier molecular flexibility index (Phi) is 7.65. The van der Waals surface area contributed by atoms with Gasteiger partial charge in [0.1, 0.15) is 5.75 Å². The molecule has 0 spiro atoms. The van der Waals surface area contributed by atoms with Gasteiger partial charge in [-0.05, 0) is 61.1 Å². The number of hydrogen-bond acceptors (Lipinski definition) is 4. The van der Waals surface area contributed by atoms with Crippen molar-refractivity contribution >= 4 is 15.9 Å². The topological polar surface area (TPSA) is 75.7 Å². The second-order valence-electron chi connectivity index (χ2n) is 8.65. The van der Waals surface area contributed by atoms with E-state index in [4.69, 9.17) is 4.74 Å². The molecule has 0 radical (unpaired) electrons. The molecule has 0 atom stereocenters. The number of hydrogen-bond donors (Lipinski definition) is 1. The van der Waals surface area contributed by atoms with Gasteiger partial charge >= 0.3 is 0 Å². The van der Waals surface area contributed by atoms with Gasteiger partial charge in [0, 0.05) is 25.2 Å². The van der Waals surface area contributed by atoms with Crippen LogP contribution in [0.3, 0.4) is 0 Å². The average Bonchev–Trinajstić information content (AvgIpc) is 2.88. The number of aryl methyl sites for hydroxylation is 1. The first-order chi connectivity index (χ1) is 16.4. The molecule has 1 N–H and O–H groups in total. The van der Waals surface area contributed by atoms with Crippen molar-refractivity contribution in [3.8, 4) is 5.75 Å². The summed E-state index contributed by atoms with van der Waals surface area (Å²) in [5.41, 5.74) is 1.87. The Labute approximate surface area is 201 Å². The third-order valence-corrected chi connectivity index (χ3v) is 7.71. The Morgan fingerprint density at radius 1 is 0.971 bits per heavy atom. The second kappa shape index (κ2) is 10.8. The summed E-state index contributed by atoms with van der Waals surface area (Å²) < 4.78 is 34.4. The maximum atomic E-state index is 13.1. The number of ether oxygens (including phenoxy) is 1. The van der Waals surface area contributed by atoms with Gasteiger partial charge < -0.3 is 9.64 Å². The van der Waals surface area contributed by atoms with Gasteiger partial charge in [-0.2, -0.15) is 0 Å². The van der Waals surface area contributed by atoms with Gasteiger partial charge in [-0.3, -0.25) is 4.79 Å². The molecule has 1 saturated heterocycles. The molecule has 1 amide bonds. The molecule has 4 rings (SSSR count). The number of rotatable bonds is 8. The van der Waals surface area contributed by atoms with Crippen LogP contribution in [0.2, 0.25) is 0 Å². The summed E-state index contributed by atoms with van der Waals surface area (Å²) in [6, 6.07) is 24.0. The fourth-order valence-electron chi connectivity index (χ4n) is 4.09. The van der Waals surface area contributed by atoms with Gasteiger partial charge in [-0.15, -0.1) is 0 Å². The highest BCUT2D eigenvalue weighted by molar-refractivity contribution is 7.89. The lowest BCUT2D eigenvalue weighted by atomic mass is 9.97. The summed E-state index contributed by atoms with van der Waals surface area (Å²) in [4.78, 5) is 15.1. The van der Waals surface area contributed by atoms with Crippen LogP contribution >= 0.6 is 0 Å². The molecule has 178 valence electrons. The lowest BCUT2D eigenvalue weighted by Gasteiger charge is -2.32.